The smallest absolute Gasteiger partial charge is 0.341 e. The lowest BCUT2D eigenvalue weighted by molar-refractivity contribution is -0.400. The van der Waals surface area contributed by atoms with Crippen LogP contribution in [0.1, 0.15) is 104 Å². The zero-order chi connectivity index (χ0) is 90.8. The average molecular weight is 1700 g/mol. The molecule has 5 unspecified atom stereocenters. The lowest BCUT2D eigenvalue weighted by Gasteiger charge is -2.67. The number of Topliss-reactive ketones (excluding diaryl/α,β-unsaturated/α-hetero) is 7. The van der Waals surface area contributed by atoms with Crippen molar-refractivity contribution in [2.24, 2.45) is 0 Å². The molecule has 10 aromatic carbocycles. The highest BCUT2D eigenvalue weighted by Crippen LogP contribution is 2.67. The number of phenols is 30. The third-order valence-corrected chi connectivity index (χ3v) is 19.0. The van der Waals surface area contributed by atoms with Gasteiger partial charge in [0.1, 0.15) is 0 Å². The molecule has 0 aromatic heterocycles. The van der Waals surface area contributed by atoms with Crippen LogP contribution in [0.15, 0.2) is 121 Å². The third-order valence-electron chi connectivity index (χ3n) is 19.0. The molecular formula is C76H52O46. The summed E-state index contributed by atoms with van der Waals surface area (Å²) in [5.41, 5.74) is -57.1. The largest absolute Gasteiger partial charge is 0.504 e. The van der Waals surface area contributed by atoms with Crippen LogP contribution < -0.4 is 0 Å². The summed E-state index contributed by atoms with van der Waals surface area (Å²) in [6.45, 7) is 0. The van der Waals surface area contributed by atoms with E-state index < -0.39 is 357 Å². The van der Waals surface area contributed by atoms with Gasteiger partial charge in [0.2, 0.25) is 57.3 Å². The van der Waals surface area contributed by atoms with Crippen LogP contribution in [0, 0.1) is 0 Å². The number of carbonyl (C=O) groups is 10. The van der Waals surface area contributed by atoms with Crippen LogP contribution in [0.25, 0.3) is 0 Å². The SMILES string of the molecule is O=C(OC1(C(=O)c2cc(O)c(O)c(O)c2)OC(C(=O)c2cc(O)c(O)c(O)c2)(C(OC(=O)c2cc(O)c(O)c(O)c2)(C(=O)c2cc(O)c(O)c(O)c2)C(=O)c2cc(O)c(O)c(O)c2)C(OC(=O)c2cc(O)c(O)c(O)c2)(C(=O)c2cc(O)c(O)c(O)c2)C(O)(C(=O)c2cc(O)c(O)c(O)c2)C1(O)C(=O)c1cc(O)c(O)c(O)c1)c1cc(O)c(O)c(O)c1. The minimum Gasteiger partial charge on any atom is -0.504 e. The highest BCUT2D eigenvalue weighted by atomic mass is 16.8. The molecule has 5 atom stereocenters. The van der Waals surface area contributed by atoms with Gasteiger partial charge in [-0.2, -0.15) is 0 Å². The maximum absolute atomic E-state index is 18.8. The van der Waals surface area contributed by atoms with Crippen LogP contribution >= 0.6 is 0 Å². The van der Waals surface area contributed by atoms with E-state index in [9.17, 15) is 153 Å². The molecular weight excluding hydrogens is 1650 g/mol. The number of ether oxygens (including phenoxy) is 4. The maximum Gasteiger partial charge on any atom is 0.341 e. The molecule has 1 fully saturated rings. The second kappa shape index (κ2) is 29.2. The average Bonchev–Trinajstić information content (AvgIpc) is 0.625. The van der Waals surface area contributed by atoms with Crippen LogP contribution in [0.3, 0.4) is 0 Å². The lowest BCUT2D eigenvalue weighted by atomic mass is 9.46. The van der Waals surface area contributed by atoms with Gasteiger partial charge in [-0.15, -0.1) is 0 Å². The number of ketones is 7. The second-order valence-corrected chi connectivity index (χ2v) is 26.3. The highest BCUT2D eigenvalue weighted by Gasteiger charge is 2.99. The minimum absolute atomic E-state index is 0.190. The Morgan fingerprint density at radius 3 is 0.664 bits per heavy atom. The molecule has 0 spiro atoms. The zero-order valence-electron chi connectivity index (χ0n) is 59.6. The van der Waals surface area contributed by atoms with Crippen molar-refractivity contribution >= 4 is 58.4 Å². The summed E-state index contributed by atoms with van der Waals surface area (Å²) in [5.74, 6) is -101. The standard InChI is InChI=1S/C76H52O46/c77-31-1-21(2-32(78)51(31)97)61(107)71(62(108)22-3-33(79)52(98)34(80)4-22,119-68(114)28-15-45(91)58(104)46(92)16-28)74(65(111)25-9-39(85)55(101)40(86)10-25)75(66(112)26-11-41(87)56(102)42(88)12-26,120-69(115)29-17-47(93)59(105)48(94)18-29)72(117,63(109)23-5-35(81)53(99)36(82)6-23)73(118,64(110)24-7-37(83)54(100)38(84)8-24)76(122-74,67(113)27-13-43(89)57(103)44(90)14-27)121-70(116)30-19-49(95)60(106)50(96)20-30/h1-20,77-106,117-118H. The van der Waals surface area contributed by atoms with Crippen molar-refractivity contribution in [1.82, 2.24) is 0 Å². The van der Waals surface area contributed by atoms with Gasteiger partial charge >= 0.3 is 23.7 Å². The first-order valence-electron chi connectivity index (χ1n) is 32.9. The maximum atomic E-state index is 18.8. The third kappa shape index (κ3) is 12.4. The van der Waals surface area contributed by atoms with Crippen LogP contribution in [0.2, 0.25) is 0 Å². The number of hydrogen-bond donors (Lipinski definition) is 32. The van der Waals surface area contributed by atoms with Crippen molar-refractivity contribution in [3.05, 3.63) is 177 Å². The van der Waals surface area contributed by atoms with Crippen molar-refractivity contribution in [2.75, 3.05) is 0 Å². The molecule has 632 valence electrons. The molecule has 122 heavy (non-hydrogen) atoms. The number of benzene rings is 10. The molecule has 32 N–H and O–H groups in total. The quantitative estimate of drug-likeness (QED) is 0.0161. The normalized spacial score (nSPS) is 18.0. The van der Waals surface area contributed by atoms with Crippen molar-refractivity contribution in [3.8, 4) is 172 Å². The van der Waals surface area contributed by atoms with E-state index >= 15 is 58.2 Å². The van der Waals surface area contributed by atoms with E-state index in [4.69, 9.17) is 18.9 Å². The first kappa shape index (κ1) is 85.1. The van der Waals surface area contributed by atoms with Crippen LogP contribution in [0.5, 0.6) is 172 Å². The predicted molar refractivity (Wildman–Crippen MR) is 383 cm³/mol. The Hall–Kier alpha value is -17.8. The van der Waals surface area contributed by atoms with Crippen molar-refractivity contribution in [1.29, 1.82) is 0 Å². The van der Waals surface area contributed by atoms with Gasteiger partial charge < -0.3 is 182 Å². The number of hydrogen-bond acceptors (Lipinski definition) is 46. The second-order valence-electron chi connectivity index (χ2n) is 26.3. The van der Waals surface area contributed by atoms with Gasteiger partial charge in [0.05, 0.1) is 16.7 Å². The summed E-state index contributed by atoms with van der Waals surface area (Å²) in [6.07, 6.45) is 0. The van der Waals surface area contributed by atoms with Crippen LogP contribution in [-0.4, -0.2) is 256 Å². The van der Waals surface area contributed by atoms with E-state index in [-0.39, 0.29) is 84.9 Å². The monoisotopic (exact) mass is 1700 g/mol. The molecule has 46 nitrogen and oxygen atoms in total. The highest BCUT2D eigenvalue weighted by molar-refractivity contribution is 6.34. The van der Waals surface area contributed by atoms with Gasteiger partial charge in [-0.3, -0.25) is 33.6 Å². The Labute approximate surface area is 669 Å². The molecule has 1 aliphatic rings. The summed E-state index contributed by atoms with van der Waals surface area (Å²) < 4.78 is 24.3. The van der Waals surface area contributed by atoms with Gasteiger partial charge in [0, 0.05) is 38.9 Å². The molecule has 1 saturated heterocycles. The summed E-state index contributed by atoms with van der Waals surface area (Å²) in [6, 6.07) is -7.03. The van der Waals surface area contributed by atoms with E-state index in [1.54, 1.807) is 0 Å². The fourth-order valence-electron chi connectivity index (χ4n) is 13.2. The first-order valence-corrected chi connectivity index (χ1v) is 32.9. The molecule has 0 radical (unpaired) electrons. The summed E-state index contributed by atoms with van der Waals surface area (Å²) in [5, 5.41) is 371. The molecule has 11 rings (SSSR count). The van der Waals surface area contributed by atoms with E-state index in [0.29, 0.717) is 0 Å². The van der Waals surface area contributed by atoms with Gasteiger partial charge in [0.25, 0.3) is 11.2 Å². The van der Waals surface area contributed by atoms with E-state index in [2.05, 4.69) is 0 Å². The molecule has 0 aliphatic carbocycles. The number of aliphatic hydroxyl groups is 2. The number of carbonyl (C=O) groups excluding carboxylic acids is 10. The molecule has 0 saturated carbocycles. The summed E-state index contributed by atoms with van der Waals surface area (Å²) >= 11 is 0. The lowest BCUT2D eigenvalue weighted by Crippen LogP contribution is -2.99. The van der Waals surface area contributed by atoms with Crippen molar-refractivity contribution in [3.63, 3.8) is 0 Å². The Morgan fingerprint density at radius 1 is 0.221 bits per heavy atom. The van der Waals surface area contributed by atoms with Crippen molar-refractivity contribution in [2.45, 2.75) is 33.8 Å². The molecule has 0 bridgehead atoms. The van der Waals surface area contributed by atoms with E-state index in [0.717, 1.165) is 0 Å². The van der Waals surface area contributed by atoms with Crippen LogP contribution in [0.4, 0.5) is 0 Å². The Kier molecular flexibility index (Phi) is 20.3. The summed E-state index contributed by atoms with van der Waals surface area (Å²) in [4.78, 5) is 177. The Bertz CT molecular complexity index is 6040. The Balaban J connectivity index is 1.68. The molecule has 0 amide bonds. The topological polar surface area (TPSA) is 855 Å². The molecule has 1 aliphatic heterocycles. The molecule has 1 heterocycles. The molecule has 46 heteroatoms. The van der Waals surface area contributed by atoms with Gasteiger partial charge in [-0.1, -0.05) is 0 Å². The van der Waals surface area contributed by atoms with Crippen molar-refractivity contribution < 1.29 is 230 Å². The van der Waals surface area contributed by atoms with Gasteiger partial charge in [0.15, 0.2) is 172 Å². The fraction of sp³-hybridized carbons (Fsp3) is 0.0789. The van der Waals surface area contributed by atoms with Gasteiger partial charge in [-0.25, -0.2) is 14.4 Å². The van der Waals surface area contributed by atoms with Gasteiger partial charge in [-0.05, 0) is 121 Å². The molecule has 10 aromatic rings. The number of aromatic hydroxyl groups is 30. The zero-order valence-corrected chi connectivity index (χ0v) is 59.6. The number of esters is 3. The predicted octanol–water partition coefficient (Wildman–Crippen LogP) is 2.31. The summed E-state index contributed by atoms with van der Waals surface area (Å²) in [7, 11) is 0. The number of rotatable bonds is 21. The van der Waals surface area contributed by atoms with E-state index in [1.807, 2.05) is 0 Å². The first-order chi connectivity index (χ1) is 56.7. The van der Waals surface area contributed by atoms with Crippen LogP contribution in [-0.2, 0) is 18.9 Å². The minimum atomic E-state index is -7.11. The van der Waals surface area contributed by atoms with E-state index in [1.165, 1.54) is 0 Å². The number of phenolic OH excluding ortho intramolecular Hbond substituents is 30. The fourth-order valence-corrected chi connectivity index (χ4v) is 13.2. The Morgan fingerprint density at radius 2 is 0.410 bits per heavy atom.